The van der Waals surface area contributed by atoms with Gasteiger partial charge in [0.25, 0.3) is 5.89 Å². The van der Waals surface area contributed by atoms with Gasteiger partial charge in [-0.15, -0.1) is 11.3 Å². The van der Waals surface area contributed by atoms with Crippen molar-refractivity contribution in [3.8, 4) is 10.8 Å². The summed E-state index contributed by atoms with van der Waals surface area (Å²) in [5.74, 6) is 0.976. The summed E-state index contributed by atoms with van der Waals surface area (Å²) in [6.07, 6.45) is 0.785. The quantitative estimate of drug-likeness (QED) is 0.751. The molecular weight excluding hydrogens is 312 g/mol. The zero-order valence-corrected chi connectivity index (χ0v) is 13.4. The summed E-state index contributed by atoms with van der Waals surface area (Å²) in [6.45, 7) is 2.32. The zero-order valence-electron chi connectivity index (χ0n) is 12.6. The number of carbonyl (C=O) groups excluding carboxylic acids is 1. The number of aryl methyl sites for hydroxylation is 1. The number of carbonyl (C=O) groups is 1. The third kappa shape index (κ3) is 3.95. The molecule has 2 aromatic heterocycles. The van der Waals surface area contributed by atoms with Crippen molar-refractivity contribution in [1.29, 1.82) is 0 Å². The van der Waals surface area contributed by atoms with Crippen molar-refractivity contribution in [3.05, 3.63) is 53.2 Å². The highest BCUT2D eigenvalue weighted by Crippen LogP contribution is 2.32. The number of benzene rings is 1. The molecule has 23 heavy (non-hydrogen) atoms. The number of thiophene rings is 1. The smallest absolute Gasteiger partial charge is 0.319 e. The van der Waals surface area contributed by atoms with E-state index in [9.17, 15) is 4.79 Å². The number of hydrogen-bond donors (Lipinski definition) is 2. The summed E-state index contributed by atoms with van der Waals surface area (Å²) in [5.41, 5.74) is 1.85. The zero-order chi connectivity index (χ0) is 16.1. The Morgan fingerprint density at radius 3 is 2.83 bits per heavy atom. The summed E-state index contributed by atoms with van der Waals surface area (Å²) < 4.78 is 5.15. The van der Waals surface area contributed by atoms with Gasteiger partial charge in [0.2, 0.25) is 0 Å². The predicted octanol–water partition coefficient (Wildman–Crippen LogP) is 3.47. The summed E-state index contributed by atoms with van der Waals surface area (Å²) >= 11 is 1.44. The molecule has 0 spiro atoms. The molecule has 2 heterocycles. The predicted molar refractivity (Wildman–Crippen MR) is 89.5 cm³/mol. The second-order valence-electron chi connectivity index (χ2n) is 4.93. The molecule has 0 aliphatic rings. The van der Waals surface area contributed by atoms with E-state index in [0.29, 0.717) is 23.9 Å². The highest BCUT2D eigenvalue weighted by Gasteiger charge is 2.15. The Bertz CT molecular complexity index is 782. The standard InChI is InChI=1S/C16H16N4O2S/c1-11-18-15(22-20-11)14-13(8-10-23-14)19-16(21)17-9-7-12-5-3-2-4-6-12/h2-6,8,10H,7,9H2,1H3,(H2,17,19,21). The summed E-state index contributed by atoms with van der Waals surface area (Å²) in [7, 11) is 0. The monoisotopic (exact) mass is 328 g/mol. The third-order valence-electron chi connectivity index (χ3n) is 3.18. The molecule has 0 bridgehead atoms. The molecule has 0 saturated carbocycles. The fourth-order valence-electron chi connectivity index (χ4n) is 2.09. The molecule has 2 amide bonds. The van der Waals surface area contributed by atoms with E-state index >= 15 is 0 Å². The van der Waals surface area contributed by atoms with Gasteiger partial charge in [-0.1, -0.05) is 35.5 Å². The van der Waals surface area contributed by atoms with Crippen LogP contribution in [0.4, 0.5) is 10.5 Å². The molecule has 118 valence electrons. The van der Waals surface area contributed by atoms with E-state index < -0.39 is 0 Å². The molecule has 0 atom stereocenters. The largest absolute Gasteiger partial charge is 0.338 e. The van der Waals surface area contributed by atoms with Crippen LogP contribution in [0.25, 0.3) is 10.8 Å². The minimum absolute atomic E-state index is 0.253. The molecule has 0 aliphatic heterocycles. The molecule has 7 heteroatoms. The fourth-order valence-corrected chi connectivity index (χ4v) is 2.86. The van der Waals surface area contributed by atoms with E-state index in [1.165, 1.54) is 16.9 Å². The highest BCUT2D eigenvalue weighted by atomic mass is 32.1. The van der Waals surface area contributed by atoms with Crippen LogP contribution in [0.3, 0.4) is 0 Å². The van der Waals surface area contributed by atoms with E-state index in [-0.39, 0.29) is 6.03 Å². The van der Waals surface area contributed by atoms with Gasteiger partial charge in [0.1, 0.15) is 4.88 Å². The first-order valence-electron chi connectivity index (χ1n) is 7.19. The lowest BCUT2D eigenvalue weighted by Gasteiger charge is -2.07. The molecule has 0 aliphatic carbocycles. The average Bonchev–Trinajstić information content (AvgIpc) is 3.17. The van der Waals surface area contributed by atoms with Crippen LogP contribution >= 0.6 is 11.3 Å². The molecule has 3 rings (SSSR count). The Morgan fingerprint density at radius 1 is 1.26 bits per heavy atom. The van der Waals surface area contributed by atoms with Crippen LogP contribution in [0.2, 0.25) is 0 Å². The summed E-state index contributed by atoms with van der Waals surface area (Å²) in [6, 6.07) is 11.6. The maximum absolute atomic E-state index is 12.0. The van der Waals surface area contributed by atoms with E-state index in [0.717, 1.165) is 11.3 Å². The van der Waals surface area contributed by atoms with Gasteiger partial charge in [-0.3, -0.25) is 0 Å². The van der Waals surface area contributed by atoms with Crippen molar-refractivity contribution >= 4 is 23.1 Å². The number of nitrogens with one attached hydrogen (secondary N) is 2. The first kappa shape index (κ1) is 15.2. The molecule has 0 saturated heterocycles. The number of aromatic nitrogens is 2. The van der Waals surface area contributed by atoms with Gasteiger partial charge in [0.15, 0.2) is 5.82 Å². The van der Waals surface area contributed by atoms with Crippen LogP contribution < -0.4 is 10.6 Å². The maximum Gasteiger partial charge on any atom is 0.319 e. The second-order valence-corrected chi connectivity index (χ2v) is 5.84. The Balaban J connectivity index is 1.55. The number of hydrogen-bond acceptors (Lipinski definition) is 5. The second kappa shape index (κ2) is 7.06. The van der Waals surface area contributed by atoms with Crippen LogP contribution in [0.15, 0.2) is 46.3 Å². The number of rotatable bonds is 5. The Hall–Kier alpha value is -2.67. The van der Waals surface area contributed by atoms with Gasteiger partial charge in [-0.2, -0.15) is 4.98 Å². The van der Waals surface area contributed by atoms with Gasteiger partial charge in [-0.25, -0.2) is 4.79 Å². The Morgan fingerprint density at radius 2 is 2.09 bits per heavy atom. The van der Waals surface area contributed by atoms with Crippen molar-refractivity contribution in [1.82, 2.24) is 15.5 Å². The molecule has 0 unspecified atom stereocenters. The Kier molecular flexibility index (Phi) is 4.68. The van der Waals surface area contributed by atoms with E-state index in [1.54, 1.807) is 6.92 Å². The highest BCUT2D eigenvalue weighted by molar-refractivity contribution is 7.14. The third-order valence-corrected chi connectivity index (χ3v) is 4.08. The van der Waals surface area contributed by atoms with Crippen molar-refractivity contribution in [2.24, 2.45) is 0 Å². The number of nitrogens with zero attached hydrogens (tertiary/aromatic N) is 2. The number of anilines is 1. The lowest BCUT2D eigenvalue weighted by molar-refractivity contribution is 0.252. The van der Waals surface area contributed by atoms with Gasteiger partial charge in [-0.05, 0) is 30.4 Å². The first-order valence-corrected chi connectivity index (χ1v) is 8.07. The minimum atomic E-state index is -0.253. The lowest BCUT2D eigenvalue weighted by atomic mass is 10.1. The molecule has 1 aromatic carbocycles. The fraction of sp³-hybridized carbons (Fsp3) is 0.188. The topological polar surface area (TPSA) is 80.0 Å². The van der Waals surface area contributed by atoms with Gasteiger partial charge in [0.05, 0.1) is 5.69 Å². The summed E-state index contributed by atoms with van der Waals surface area (Å²) in [4.78, 5) is 16.9. The van der Waals surface area contributed by atoms with Crippen molar-refractivity contribution in [2.45, 2.75) is 13.3 Å². The summed E-state index contributed by atoms with van der Waals surface area (Å²) in [5, 5.41) is 11.3. The van der Waals surface area contributed by atoms with Gasteiger partial charge < -0.3 is 15.2 Å². The average molecular weight is 328 g/mol. The minimum Gasteiger partial charge on any atom is -0.338 e. The SMILES string of the molecule is Cc1noc(-c2sccc2NC(=O)NCCc2ccccc2)n1. The molecule has 0 radical (unpaired) electrons. The van der Waals surface area contributed by atoms with Crippen molar-refractivity contribution < 1.29 is 9.32 Å². The van der Waals surface area contributed by atoms with Gasteiger partial charge >= 0.3 is 6.03 Å². The van der Waals surface area contributed by atoms with E-state index in [4.69, 9.17) is 4.52 Å². The van der Waals surface area contributed by atoms with Crippen molar-refractivity contribution in [3.63, 3.8) is 0 Å². The molecule has 6 nitrogen and oxygen atoms in total. The van der Waals surface area contributed by atoms with Crippen LogP contribution in [-0.2, 0) is 6.42 Å². The van der Waals surface area contributed by atoms with Crippen LogP contribution in [0.5, 0.6) is 0 Å². The number of urea groups is 1. The maximum atomic E-state index is 12.0. The first-order chi connectivity index (χ1) is 11.2. The van der Waals surface area contributed by atoms with Crippen LogP contribution in [0, 0.1) is 6.92 Å². The van der Waals surface area contributed by atoms with Gasteiger partial charge in [0, 0.05) is 6.54 Å². The molecular formula is C16H16N4O2S. The Labute approximate surface area is 137 Å². The number of amides is 2. The molecule has 3 aromatic rings. The molecule has 2 N–H and O–H groups in total. The normalized spacial score (nSPS) is 10.5. The van der Waals surface area contributed by atoms with Crippen LogP contribution in [-0.4, -0.2) is 22.7 Å². The van der Waals surface area contributed by atoms with E-state index in [2.05, 4.69) is 20.8 Å². The van der Waals surface area contributed by atoms with Crippen LogP contribution in [0.1, 0.15) is 11.4 Å². The van der Waals surface area contributed by atoms with E-state index in [1.807, 2.05) is 41.8 Å². The van der Waals surface area contributed by atoms with Crippen molar-refractivity contribution in [2.75, 3.05) is 11.9 Å². The molecule has 0 fully saturated rings. The lowest BCUT2D eigenvalue weighted by Crippen LogP contribution is -2.30.